The molecular formula is C20H17N3S3. The van der Waals surface area contributed by atoms with E-state index in [1.54, 1.807) is 34.9 Å². The molecule has 0 radical (unpaired) electrons. The first-order valence-electron chi connectivity index (χ1n) is 8.59. The number of nitrogens with zero attached hydrogens (tertiary/aromatic N) is 3. The van der Waals surface area contributed by atoms with Crippen molar-refractivity contribution in [2.24, 2.45) is 0 Å². The average Bonchev–Trinajstić information content (AvgIpc) is 3.31. The minimum absolute atomic E-state index is 0.848. The van der Waals surface area contributed by atoms with Crippen molar-refractivity contribution in [1.29, 1.82) is 0 Å². The van der Waals surface area contributed by atoms with Gasteiger partial charge in [0.1, 0.15) is 9.86 Å². The third-order valence-electron chi connectivity index (χ3n) is 4.91. The summed E-state index contributed by atoms with van der Waals surface area (Å²) in [6.45, 7) is 0. The smallest absolute Gasteiger partial charge is 0.189 e. The van der Waals surface area contributed by atoms with Crippen molar-refractivity contribution >= 4 is 55.3 Å². The highest BCUT2D eigenvalue weighted by atomic mass is 32.2. The maximum atomic E-state index is 5.12. The number of benzene rings is 1. The fraction of sp³-hybridized carbons (Fsp3) is 0.250. The Morgan fingerprint density at radius 3 is 2.50 bits per heavy atom. The van der Waals surface area contributed by atoms with Crippen molar-refractivity contribution in [2.45, 2.75) is 29.4 Å². The van der Waals surface area contributed by atoms with Crippen LogP contribution in [-0.4, -0.2) is 27.5 Å². The summed E-state index contributed by atoms with van der Waals surface area (Å²) in [5.74, 6) is 0. The highest BCUT2D eigenvalue weighted by molar-refractivity contribution is 7.99. The standard InChI is InChI=1S/C20H17N3S3/c1-24-19-17-16(22-20(23-19)25-2)14-12-9-6-10-13(12)15(21-18(14)26-17)11-7-4-3-5-8-11/h3-5,7-8H,6,9-10H2,1-2H3. The summed E-state index contributed by atoms with van der Waals surface area (Å²) in [5.41, 5.74) is 6.34. The minimum Gasteiger partial charge on any atom is -0.236 e. The molecule has 3 nitrogen and oxygen atoms in total. The third-order valence-corrected chi connectivity index (χ3v) is 7.34. The zero-order valence-electron chi connectivity index (χ0n) is 14.6. The maximum Gasteiger partial charge on any atom is 0.189 e. The molecule has 0 amide bonds. The largest absolute Gasteiger partial charge is 0.236 e. The molecule has 130 valence electrons. The minimum atomic E-state index is 0.848. The summed E-state index contributed by atoms with van der Waals surface area (Å²) >= 11 is 5.04. The Balaban J connectivity index is 1.90. The lowest BCUT2D eigenvalue weighted by Gasteiger charge is -2.09. The molecule has 5 rings (SSSR count). The summed E-state index contributed by atoms with van der Waals surface area (Å²) in [5, 5.41) is 3.18. The van der Waals surface area contributed by atoms with Crippen molar-refractivity contribution < 1.29 is 0 Å². The van der Waals surface area contributed by atoms with Gasteiger partial charge in [-0.05, 0) is 42.9 Å². The van der Waals surface area contributed by atoms with Crippen LogP contribution in [0.25, 0.3) is 31.7 Å². The average molecular weight is 396 g/mol. The monoisotopic (exact) mass is 395 g/mol. The number of thiophene rings is 1. The van der Waals surface area contributed by atoms with E-state index in [2.05, 4.69) is 36.6 Å². The van der Waals surface area contributed by atoms with Crippen LogP contribution in [0.1, 0.15) is 17.5 Å². The Labute approximate surface area is 164 Å². The Morgan fingerprint density at radius 1 is 0.923 bits per heavy atom. The van der Waals surface area contributed by atoms with Crippen LogP contribution in [0, 0.1) is 0 Å². The quantitative estimate of drug-likeness (QED) is 0.247. The molecule has 0 atom stereocenters. The van der Waals surface area contributed by atoms with E-state index < -0.39 is 0 Å². The van der Waals surface area contributed by atoms with Gasteiger partial charge in [0.15, 0.2) is 5.16 Å². The number of hydrogen-bond donors (Lipinski definition) is 0. The molecule has 0 saturated heterocycles. The summed E-state index contributed by atoms with van der Waals surface area (Å²) in [4.78, 5) is 15.8. The number of fused-ring (bicyclic) bond motifs is 5. The highest BCUT2D eigenvalue weighted by Crippen LogP contribution is 2.44. The lowest BCUT2D eigenvalue weighted by atomic mass is 10.0. The van der Waals surface area contributed by atoms with Crippen LogP contribution in [0.2, 0.25) is 0 Å². The summed E-state index contributed by atoms with van der Waals surface area (Å²) in [6.07, 6.45) is 7.55. The van der Waals surface area contributed by atoms with E-state index in [1.165, 1.54) is 33.2 Å². The van der Waals surface area contributed by atoms with Gasteiger partial charge in [-0.1, -0.05) is 42.1 Å². The van der Waals surface area contributed by atoms with Gasteiger partial charge in [-0.3, -0.25) is 0 Å². The molecule has 3 heterocycles. The number of aryl methyl sites for hydroxylation is 1. The first-order valence-corrected chi connectivity index (χ1v) is 11.9. The van der Waals surface area contributed by atoms with Gasteiger partial charge in [0, 0.05) is 10.9 Å². The van der Waals surface area contributed by atoms with E-state index in [0.29, 0.717) is 0 Å². The molecule has 3 aromatic heterocycles. The zero-order chi connectivity index (χ0) is 17.7. The molecule has 6 heteroatoms. The highest BCUT2D eigenvalue weighted by Gasteiger charge is 2.25. The van der Waals surface area contributed by atoms with Crippen molar-refractivity contribution in [2.75, 3.05) is 12.5 Å². The van der Waals surface area contributed by atoms with Crippen LogP contribution in [0.15, 0.2) is 40.5 Å². The Kier molecular flexibility index (Phi) is 4.14. The van der Waals surface area contributed by atoms with Crippen molar-refractivity contribution in [3.05, 3.63) is 41.5 Å². The summed E-state index contributed by atoms with van der Waals surface area (Å²) in [7, 11) is 0. The van der Waals surface area contributed by atoms with Crippen LogP contribution in [0.4, 0.5) is 0 Å². The Morgan fingerprint density at radius 2 is 1.73 bits per heavy atom. The fourth-order valence-electron chi connectivity index (χ4n) is 3.79. The molecule has 26 heavy (non-hydrogen) atoms. The normalized spacial score (nSPS) is 13.6. The molecule has 0 N–H and O–H groups in total. The maximum absolute atomic E-state index is 5.12. The molecule has 1 aliphatic carbocycles. The van der Waals surface area contributed by atoms with Gasteiger partial charge >= 0.3 is 0 Å². The van der Waals surface area contributed by atoms with Gasteiger partial charge in [-0.25, -0.2) is 15.0 Å². The molecule has 4 aromatic rings. The van der Waals surface area contributed by atoms with E-state index in [1.807, 2.05) is 6.26 Å². The molecule has 1 aromatic carbocycles. The lowest BCUT2D eigenvalue weighted by molar-refractivity contribution is 0.912. The van der Waals surface area contributed by atoms with Crippen molar-refractivity contribution in [3.63, 3.8) is 0 Å². The van der Waals surface area contributed by atoms with Gasteiger partial charge in [0.25, 0.3) is 0 Å². The molecule has 0 spiro atoms. The van der Waals surface area contributed by atoms with Gasteiger partial charge in [-0.2, -0.15) is 0 Å². The van der Waals surface area contributed by atoms with Crippen LogP contribution >= 0.6 is 34.9 Å². The Hall–Kier alpha value is -1.63. The van der Waals surface area contributed by atoms with Crippen LogP contribution < -0.4 is 0 Å². The first-order chi connectivity index (χ1) is 12.8. The first kappa shape index (κ1) is 16.5. The van der Waals surface area contributed by atoms with E-state index >= 15 is 0 Å². The summed E-state index contributed by atoms with van der Waals surface area (Å²) in [6, 6.07) is 10.6. The second-order valence-electron chi connectivity index (χ2n) is 6.32. The third kappa shape index (κ3) is 2.47. The molecule has 0 unspecified atom stereocenters. The van der Waals surface area contributed by atoms with Crippen LogP contribution in [-0.2, 0) is 12.8 Å². The van der Waals surface area contributed by atoms with E-state index in [0.717, 1.165) is 39.1 Å². The second-order valence-corrected chi connectivity index (χ2v) is 8.88. The van der Waals surface area contributed by atoms with Gasteiger partial charge < -0.3 is 0 Å². The SMILES string of the molecule is CSc1nc(SC)c2sc3nc(-c4ccccc4)c4c(c3c2n1)CCC4. The molecule has 0 bridgehead atoms. The van der Waals surface area contributed by atoms with Gasteiger partial charge in [0.2, 0.25) is 0 Å². The van der Waals surface area contributed by atoms with E-state index in [-0.39, 0.29) is 0 Å². The topological polar surface area (TPSA) is 38.7 Å². The Bertz CT molecular complexity index is 1140. The van der Waals surface area contributed by atoms with Gasteiger partial charge in [-0.15, -0.1) is 23.1 Å². The molecule has 1 aliphatic rings. The van der Waals surface area contributed by atoms with Crippen LogP contribution in [0.5, 0.6) is 0 Å². The van der Waals surface area contributed by atoms with Crippen LogP contribution in [0.3, 0.4) is 0 Å². The molecular weight excluding hydrogens is 378 g/mol. The fourth-order valence-corrected chi connectivity index (χ4v) is 6.07. The predicted octanol–water partition coefficient (Wildman–Crippen LogP) is 5.84. The predicted molar refractivity (Wildman–Crippen MR) is 114 cm³/mol. The van der Waals surface area contributed by atoms with Crippen molar-refractivity contribution in [3.8, 4) is 11.3 Å². The molecule has 0 saturated carbocycles. The molecule has 0 aliphatic heterocycles. The molecule has 0 fully saturated rings. The van der Waals surface area contributed by atoms with E-state index in [4.69, 9.17) is 15.0 Å². The lowest BCUT2D eigenvalue weighted by Crippen LogP contribution is -1.95. The summed E-state index contributed by atoms with van der Waals surface area (Å²) < 4.78 is 1.18. The number of hydrogen-bond acceptors (Lipinski definition) is 6. The zero-order valence-corrected chi connectivity index (χ0v) is 17.0. The number of aromatic nitrogens is 3. The number of rotatable bonds is 3. The number of thioether (sulfide) groups is 2. The van der Waals surface area contributed by atoms with Gasteiger partial charge in [0.05, 0.1) is 15.9 Å². The second kappa shape index (κ2) is 6.51. The van der Waals surface area contributed by atoms with Crippen molar-refractivity contribution in [1.82, 2.24) is 15.0 Å². The number of pyridine rings is 1. The van der Waals surface area contributed by atoms with E-state index in [9.17, 15) is 0 Å².